The number of hydrogen-bond acceptors (Lipinski definition) is 4. The summed E-state index contributed by atoms with van der Waals surface area (Å²) in [6, 6.07) is 21.4. The molecule has 3 aromatic rings. The van der Waals surface area contributed by atoms with E-state index in [1.54, 1.807) is 36.4 Å². The summed E-state index contributed by atoms with van der Waals surface area (Å²) in [6.07, 6.45) is 2.13. The Labute approximate surface area is 236 Å². The van der Waals surface area contributed by atoms with E-state index in [1.165, 1.54) is 17.0 Å². The minimum Gasteiger partial charge on any atom is -0.354 e. The first kappa shape index (κ1) is 30.2. The molecular weight excluding hydrogens is 534 g/mol. The van der Waals surface area contributed by atoms with Gasteiger partial charge in [-0.05, 0) is 61.7 Å². The summed E-state index contributed by atoms with van der Waals surface area (Å²) in [5.74, 6) is -0.739. The first-order valence-electron chi connectivity index (χ1n) is 13.1. The van der Waals surface area contributed by atoms with Gasteiger partial charge in [-0.2, -0.15) is 0 Å². The van der Waals surface area contributed by atoms with Gasteiger partial charge in [-0.25, -0.2) is 8.42 Å². The van der Waals surface area contributed by atoms with Crippen LogP contribution in [0.5, 0.6) is 0 Å². The molecule has 208 valence electrons. The standard InChI is InChI=1S/C30H36ClN3O4S/c1-4-6-20-32-30(36)28(5-2)33(21-24-10-8-7-9-11-24)29(35)22-34(26-16-14-25(31)15-17-26)39(37,38)27-18-12-23(3)13-19-27/h7-19,28H,4-6,20-22H2,1-3H3,(H,32,36)/t28-/m0/s1. The lowest BCUT2D eigenvalue weighted by Crippen LogP contribution is -2.52. The Morgan fingerprint density at radius 3 is 2.15 bits per heavy atom. The van der Waals surface area contributed by atoms with E-state index in [4.69, 9.17) is 11.6 Å². The van der Waals surface area contributed by atoms with Crippen molar-refractivity contribution in [1.82, 2.24) is 10.2 Å². The summed E-state index contributed by atoms with van der Waals surface area (Å²) in [5.41, 5.74) is 2.05. The van der Waals surface area contributed by atoms with E-state index in [9.17, 15) is 18.0 Å². The van der Waals surface area contributed by atoms with Gasteiger partial charge in [-0.3, -0.25) is 13.9 Å². The van der Waals surface area contributed by atoms with Crippen molar-refractivity contribution >= 4 is 39.1 Å². The number of aryl methyl sites for hydroxylation is 1. The molecule has 1 atom stereocenters. The third kappa shape index (κ3) is 8.07. The summed E-state index contributed by atoms with van der Waals surface area (Å²) in [7, 11) is -4.11. The normalized spacial score (nSPS) is 12.0. The maximum Gasteiger partial charge on any atom is 0.264 e. The molecule has 0 saturated heterocycles. The maximum atomic E-state index is 14.0. The number of rotatable bonds is 13. The molecule has 0 aliphatic rings. The molecule has 1 N–H and O–H groups in total. The molecule has 0 aromatic heterocycles. The maximum absolute atomic E-state index is 14.0. The predicted octanol–water partition coefficient (Wildman–Crippen LogP) is 5.57. The number of sulfonamides is 1. The molecule has 7 nitrogen and oxygen atoms in total. The number of anilines is 1. The number of unbranched alkanes of at least 4 members (excludes halogenated alkanes) is 1. The summed E-state index contributed by atoms with van der Waals surface area (Å²) >= 11 is 6.07. The van der Waals surface area contributed by atoms with E-state index >= 15 is 0 Å². The number of nitrogens with one attached hydrogen (secondary N) is 1. The highest BCUT2D eigenvalue weighted by molar-refractivity contribution is 7.92. The average Bonchev–Trinajstić information content (AvgIpc) is 2.93. The van der Waals surface area contributed by atoms with Crippen molar-refractivity contribution in [2.75, 3.05) is 17.4 Å². The second kappa shape index (κ2) is 14.1. The third-order valence-corrected chi connectivity index (χ3v) is 8.45. The van der Waals surface area contributed by atoms with Gasteiger partial charge in [0.15, 0.2) is 0 Å². The lowest BCUT2D eigenvalue weighted by molar-refractivity contribution is -0.140. The topological polar surface area (TPSA) is 86.8 Å². The molecule has 0 radical (unpaired) electrons. The van der Waals surface area contributed by atoms with Crippen molar-refractivity contribution in [1.29, 1.82) is 0 Å². The molecule has 39 heavy (non-hydrogen) atoms. The molecule has 3 aromatic carbocycles. The number of amides is 2. The van der Waals surface area contributed by atoms with Crippen LogP contribution in [0.3, 0.4) is 0 Å². The minimum absolute atomic E-state index is 0.0646. The summed E-state index contributed by atoms with van der Waals surface area (Å²) in [6.45, 7) is 5.94. The lowest BCUT2D eigenvalue weighted by Gasteiger charge is -2.33. The quantitative estimate of drug-likeness (QED) is 0.273. The van der Waals surface area contributed by atoms with E-state index in [-0.39, 0.29) is 17.3 Å². The van der Waals surface area contributed by atoms with Crippen molar-refractivity contribution in [2.24, 2.45) is 0 Å². The fourth-order valence-electron chi connectivity index (χ4n) is 4.18. The van der Waals surface area contributed by atoms with Gasteiger partial charge in [0.05, 0.1) is 10.6 Å². The predicted molar refractivity (Wildman–Crippen MR) is 156 cm³/mol. The van der Waals surface area contributed by atoms with Gasteiger partial charge in [-0.15, -0.1) is 0 Å². The van der Waals surface area contributed by atoms with Crippen LogP contribution in [0.4, 0.5) is 5.69 Å². The van der Waals surface area contributed by atoms with Crippen LogP contribution in [0.1, 0.15) is 44.2 Å². The smallest absolute Gasteiger partial charge is 0.264 e. The lowest BCUT2D eigenvalue weighted by atomic mass is 10.1. The largest absolute Gasteiger partial charge is 0.354 e. The highest BCUT2D eigenvalue weighted by atomic mass is 35.5. The molecule has 0 bridgehead atoms. The molecule has 2 amide bonds. The monoisotopic (exact) mass is 569 g/mol. The number of halogens is 1. The molecule has 0 heterocycles. The van der Waals surface area contributed by atoms with Gasteiger partial charge in [0.2, 0.25) is 11.8 Å². The summed E-state index contributed by atoms with van der Waals surface area (Å²) in [5, 5.41) is 3.37. The molecule has 9 heteroatoms. The number of carbonyl (C=O) groups excluding carboxylic acids is 2. The van der Waals surface area contributed by atoms with Crippen LogP contribution in [0.15, 0.2) is 83.8 Å². The average molecular weight is 570 g/mol. The Morgan fingerprint density at radius 1 is 0.923 bits per heavy atom. The molecule has 0 saturated carbocycles. The van der Waals surface area contributed by atoms with Crippen LogP contribution < -0.4 is 9.62 Å². The fraction of sp³-hybridized carbons (Fsp3) is 0.333. The molecule has 0 fully saturated rings. The number of carbonyl (C=O) groups is 2. The fourth-order valence-corrected chi connectivity index (χ4v) is 5.72. The van der Waals surface area contributed by atoms with Gasteiger partial charge >= 0.3 is 0 Å². The highest BCUT2D eigenvalue weighted by Gasteiger charge is 2.33. The van der Waals surface area contributed by atoms with Crippen LogP contribution in [-0.2, 0) is 26.2 Å². The van der Waals surface area contributed by atoms with Gasteiger partial charge in [-0.1, -0.05) is 79.9 Å². The van der Waals surface area contributed by atoms with Crippen molar-refractivity contribution in [3.63, 3.8) is 0 Å². The van der Waals surface area contributed by atoms with Crippen molar-refractivity contribution in [3.8, 4) is 0 Å². The SMILES string of the molecule is CCCCNC(=O)[C@H](CC)N(Cc1ccccc1)C(=O)CN(c1ccc(Cl)cc1)S(=O)(=O)c1ccc(C)cc1. The van der Waals surface area contributed by atoms with Gasteiger partial charge in [0.1, 0.15) is 12.6 Å². The first-order valence-corrected chi connectivity index (χ1v) is 14.9. The van der Waals surface area contributed by atoms with E-state index in [0.717, 1.165) is 28.3 Å². The number of benzene rings is 3. The molecule has 0 aliphatic carbocycles. The molecule has 3 rings (SSSR count). The van der Waals surface area contributed by atoms with Gasteiger partial charge in [0, 0.05) is 18.1 Å². The third-order valence-electron chi connectivity index (χ3n) is 6.41. The number of nitrogens with zero attached hydrogens (tertiary/aromatic N) is 2. The highest BCUT2D eigenvalue weighted by Crippen LogP contribution is 2.26. The Balaban J connectivity index is 2.01. The van der Waals surface area contributed by atoms with Crippen molar-refractivity contribution < 1.29 is 18.0 Å². The Morgan fingerprint density at radius 2 is 1.56 bits per heavy atom. The van der Waals surface area contributed by atoms with E-state index in [0.29, 0.717) is 23.7 Å². The van der Waals surface area contributed by atoms with Crippen LogP contribution >= 0.6 is 11.6 Å². The molecular formula is C30H36ClN3O4S. The zero-order valence-corrected chi connectivity index (χ0v) is 24.2. The Hall–Kier alpha value is -3.36. The first-order chi connectivity index (χ1) is 18.7. The van der Waals surface area contributed by atoms with Crippen molar-refractivity contribution in [2.45, 2.75) is 57.5 Å². The van der Waals surface area contributed by atoms with Crippen LogP contribution in [0.25, 0.3) is 0 Å². The summed E-state index contributed by atoms with van der Waals surface area (Å²) < 4.78 is 28.8. The number of hydrogen-bond donors (Lipinski definition) is 1. The molecule has 0 unspecified atom stereocenters. The molecule has 0 spiro atoms. The van der Waals surface area contributed by atoms with Crippen LogP contribution in [0.2, 0.25) is 5.02 Å². The van der Waals surface area contributed by atoms with E-state index in [1.807, 2.05) is 51.1 Å². The zero-order valence-electron chi connectivity index (χ0n) is 22.6. The Bertz CT molecular complexity index is 1330. The second-order valence-electron chi connectivity index (χ2n) is 9.38. The van der Waals surface area contributed by atoms with Crippen LogP contribution in [-0.4, -0.2) is 44.3 Å². The Kier molecular flexibility index (Phi) is 10.9. The van der Waals surface area contributed by atoms with Gasteiger partial charge < -0.3 is 10.2 Å². The second-order valence-corrected chi connectivity index (χ2v) is 11.7. The van der Waals surface area contributed by atoms with E-state index < -0.39 is 28.5 Å². The van der Waals surface area contributed by atoms with E-state index in [2.05, 4.69) is 5.32 Å². The molecule has 0 aliphatic heterocycles. The summed E-state index contributed by atoms with van der Waals surface area (Å²) in [4.78, 5) is 28.7. The van der Waals surface area contributed by atoms with Crippen LogP contribution in [0, 0.1) is 6.92 Å². The zero-order chi connectivity index (χ0) is 28.4. The minimum atomic E-state index is -4.11. The van der Waals surface area contributed by atoms with Crippen molar-refractivity contribution in [3.05, 3.63) is 95.0 Å². The van der Waals surface area contributed by atoms with Gasteiger partial charge in [0.25, 0.3) is 10.0 Å².